The zero-order chi connectivity index (χ0) is 21.4. The Bertz CT molecular complexity index is 333. The lowest BCUT2D eigenvalue weighted by atomic mass is 10.0. The van der Waals surface area contributed by atoms with E-state index in [9.17, 15) is 9.90 Å². The molecule has 0 spiro atoms. The Morgan fingerprint density at radius 2 is 1.14 bits per heavy atom. The van der Waals surface area contributed by atoms with E-state index >= 15 is 0 Å². The monoisotopic (exact) mass is 414 g/mol. The van der Waals surface area contributed by atoms with Crippen molar-refractivity contribution in [3.05, 3.63) is 0 Å². The van der Waals surface area contributed by atoms with Crippen LogP contribution in [0.2, 0.25) is 0 Å². The van der Waals surface area contributed by atoms with Crippen LogP contribution < -0.4 is 0 Å². The summed E-state index contributed by atoms with van der Waals surface area (Å²) in [6.45, 7) is 5.15. The second-order valence-corrected chi connectivity index (χ2v) is 8.42. The quantitative estimate of drug-likeness (QED) is 0.145. The molecule has 0 aliphatic carbocycles. The first kappa shape index (κ1) is 28.4. The average molecular weight is 415 g/mol. The Kier molecular flexibility index (Phi) is 23.2. The van der Waals surface area contributed by atoms with Gasteiger partial charge >= 0.3 is 5.97 Å². The van der Waals surface area contributed by atoms with Crippen molar-refractivity contribution in [2.45, 2.75) is 136 Å². The van der Waals surface area contributed by atoms with E-state index in [0.29, 0.717) is 19.6 Å². The van der Waals surface area contributed by atoms with Gasteiger partial charge in [-0.3, -0.25) is 4.79 Å². The average Bonchev–Trinajstić information content (AvgIpc) is 2.73. The molecule has 0 saturated heterocycles. The maximum Gasteiger partial charge on any atom is 0.306 e. The molecular weight excluding hydrogens is 364 g/mol. The van der Waals surface area contributed by atoms with Crippen LogP contribution in [-0.2, 0) is 14.3 Å². The van der Waals surface area contributed by atoms with Gasteiger partial charge in [-0.15, -0.1) is 0 Å². The van der Waals surface area contributed by atoms with Crippen molar-refractivity contribution in [2.24, 2.45) is 0 Å². The molecular formula is C25H50O4. The second-order valence-electron chi connectivity index (χ2n) is 8.42. The lowest BCUT2D eigenvalue weighted by Crippen LogP contribution is -2.27. The Labute approximate surface area is 181 Å². The summed E-state index contributed by atoms with van der Waals surface area (Å²) in [5, 5.41) is 9.28. The molecule has 0 aliphatic heterocycles. The molecule has 0 radical (unpaired) electrons. The number of rotatable bonds is 23. The van der Waals surface area contributed by atoms with E-state index in [1.807, 2.05) is 0 Å². The van der Waals surface area contributed by atoms with Crippen LogP contribution in [-0.4, -0.2) is 37.0 Å². The number of aliphatic hydroxyl groups is 1. The third-order valence-electron chi connectivity index (χ3n) is 5.43. The largest absolute Gasteiger partial charge is 0.457 e. The Morgan fingerprint density at radius 1 is 0.690 bits per heavy atom. The second kappa shape index (κ2) is 23.7. The van der Waals surface area contributed by atoms with Crippen LogP contribution >= 0.6 is 0 Å². The van der Waals surface area contributed by atoms with Crippen LogP contribution in [0.15, 0.2) is 0 Å². The van der Waals surface area contributed by atoms with Crippen molar-refractivity contribution in [3.63, 3.8) is 0 Å². The van der Waals surface area contributed by atoms with Gasteiger partial charge in [-0.1, -0.05) is 110 Å². The van der Waals surface area contributed by atoms with Gasteiger partial charge in [0.05, 0.1) is 13.2 Å². The molecule has 4 nitrogen and oxygen atoms in total. The van der Waals surface area contributed by atoms with Crippen LogP contribution in [0.25, 0.3) is 0 Å². The molecule has 0 rings (SSSR count). The molecule has 0 aromatic rings. The number of carbonyl (C=O) groups is 1. The Hall–Kier alpha value is -0.610. The zero-order valence-corrected chi connectivity index (χ0v) is 19.6. The molecule has 4 heteroatoms. The highest BCUT2D eigenvalue weighted by Gasteiger charge is 2.13. The van der Waals surface area contributed by atoms with Crippen molar-refractivity contribution < 1.29 is 19.4 Å². The number of unbranched alkanes of at least 4 members (excludes halogenated alkanes) is 15. The third-order valence-corrected chi connectivity index (χ3v) is 5.43. The summed E-state index contributed by atoms with van der Waals surface area (Å²) in [6, 6.07) is 0. The highest BCUT2D eigenvalue weighted by molar-refractivity contribution is 5.69. The van der Waals surface area contributed by atoms with Gasteiger partial charge in [0.25, 0.3) is 0 Å². The highest BCUT2D eigenvalue weighted by Crippen LogP contribution is 2.14. The van der Waals surface area contributed by atoms with Crippen molar-refractivity contribution in [3.8, 4) is 0 Å². The van der Waals surface area contributed by atoms with Crippen molar-refractivity contribution >= 4 is 5.97 Å². The number of carbonyl (C=O) groups excluding carboxylic acids is 1. The van der Waals surface area contributed by atoms with Gasteiger partial charge < -0.3 is 14.6 Å². The summed E-state index contributed by atoms with van der Waals surface area (Å²) >= 11 is 0. The molecule has 0 aromatic heterocycles. The van der Waals surface area contributed by atoms with Gasteiger partial charge in [0, 0.05) is 13.0 Å². The maximum absolute atomic E-state index is 11.8. The van der Waals surface area contributed by atoms with Crippen LogP contribution in [0.3, 0.4) is 0 Å². The van der Waals surface area contributed by atoms with Crippen molar-refractivity contribution in [1.82, 2.24) is 0 Å². The fourth-order valence-corrected chi connectivity index (χ4v) is 3.47. The summed E-state index contributed by atoms with van der Waals surface area (Å²) in [5.41, 5.74) is 0. The molecule has 0 saturated carbocycles. The Morgan fingerprint density at radius 3 is 1.59 bits per heavy atom. The van der Waals surface area contributed by atoms with E-state index in [4.69, 9.17) is 9.47 Å². The van der Waals surface area contributed by atoms with E-state index < -0.39 is 6.10 Å². The van der Waals surface area contributed by atoms with Gasteiger partial charge in [0.1, 0.15) is 6.10 Å². The van der Waals surface area contributed by atoms with Gasteiger partial charge in [-0.2, -0.15) is 0 Å². The molecule has 0 bridgehead atoms. The number of hydrogen-bond acceptors (Lipinski definition) is 4. The minimum atomic E-state index is -0.518. The number of ether oxygens (including phenoxy) is 2. The minimum Gasteiger partial charge on any atom is -0.457 e. The smallest absolute Gasteiger partial charge is 0.306 e. The molecule has 1 N–H and O–H groups in total. The summed E-state index contributed by atoms with van der Waals surface area (Å²) < 4.78 is 10.7. The lowest BCUT2D eigenvalue weighted by molar-refractivity contribution is -0.154. The zero-order valence-electron chi connectivity index (χ0n) is 19.6. The van der Waals surface area contributed by atoms with E-state index in [1.165, 1.54) is 83.5 Å². The predicted molar refractivity (Wildman–Crippen MR) is 122 cm³/mol. The predicted octanol–water partition coefficient (Wildman–Crippen LogP) is 6.97. The molecule has 0 aromatic carbocycles. The van der Waals surface area contributed by atoms with Crippen molar-refractivity contribution in [1.29, 1.82) is 0 Å². The van der Waals surface area contributed by atoms with Crippen LogP contribution in [0.5, 0.6) is 0 Å². The van der Waals surface area contributed by atoms with Crippen LogP contribution in [0.4, 0.5) is 0 Å². The first-order valence-electron chi connectivity index (χ1n) is 12.6. The molecule has 0 amide bonds. The molecule has 29 heavy (non-hydrogen) atoms. The van der Waals surface area contributed by atoms with Crippen molar-refractivity contribution in [2.75, 3.05) is 19.8 Å². The summed E-state index contributed by atoms with van der Waals surface area (Å²) in [7, 11) is 0. The normalized spacial score (nSPS) is 12.2. The first-order valence-corrected chi connectivity index (χ1v) is 12.6. The van der Waals surface area contributed by atoms with E-state index in [0.717, 1.165) is 25.7 Å². The minimum absolute atomic E-state index is 0.170. The molecule has 174 valence electrons. The summed E-state index contributed by atoms with van der Waals surface area (Å²) in [6.07, 6.45) is 21.7. The summed E-state index contributed by atoms with van der Waals surface area (Å²) in [4.78, 5) is 11.8. The standard InChI is InChI=1S/C25H50O4/c1-3-5-7-8-9-10-11-12-13-14-15-16-17-18-19-20-25(27)29-24(22-26)23-28-21-6-4-2/h24,26H,3-23H2,1-2H3. The third kappa shape index (κ3) is 21.9. The SMILES string of the molecule is CCCCCCCCCCCCCCCCCC(=O)OC(CO)COCCCC. The molecule has 1 atom stereocenters. The summed E-state index contributed by atoms with van der Waals surface area (Å²) in [5.74, 6) is -0.210. The van der Waals surface area contributed by atoms with E-state index in [1.54, 1.807) is 0 Å². The topological polar surface area (TPSA) is 55.8 Å². The Balaban J connectivity index is 3.33. The fourth-order valence-electron chi connectivity index (χ4n) is 3.47. The molecule has 0 aliphatic rings. The highest BCUT2D eigenvalue weighted by atomic mass is 16.6. The maximum atomic E-state index is 11.8. The van der Waals surface area contributed by atoms with Crippen LogP contribution in [0, 0.1) is 0 Å². The number of esters is 1. The van der Waals surface area contributed by atoms with Crippen LogP contribution in [0.1, 0.15) is 129 Å². The molecule has 1 unspecified atom stereocenters. The van der Waals surface area contributed by atoms with Gasteiger partial charge in [0.2, 0.25) is 0 Å². The van der Waals surface area contributed by atoms with Gasteiger partial charge in [-0.25, -0.2) is 0 Å². The molecule has 0 heterocycles. The lowest BCUT2D eigenvalue weighted by Gasteiger charge is -2.15. The van der Waals surface area contributed by atoms with E-state index in [2.05, 4.69) is 13.8 Å². The molecule has 0 fully saturated rings. The fraction of sp³-hybridized carbons (Fsp3) is 0.960. The number of hydrogen-bond donors (Lipinski definition) is 1. The van der Waals surface area contributed by atoms with Gasteiger partial charge in [0.15, 0.2) is 0 Å². The first-order chi connectivity index (χ1) is 14.2. The number of aliphatic hydroxyl groups excluding tert-OH is 1. The van der Waals surface area contributed by atoms with E-state index in [-0.39, 0.29) is 12.6 Å². The van der Waals surface area contributed by atoms with Gasteiger partial charge in [-0.05, 0) is 12.8 Å².